The smallest absolute Gasteiger partial charge is 0.410 e. The van der Waals surface area contributed by atoms with Crippen LogP contribution in [-0.4, -0.2) is 54.0 Å². The monoisotopic (exact) mass is 244 g/mol. The van der Waals surface area contributed by atoms with Crippen molar-refractivity contribution < 1.29 is 14.6 Å². The van der Waals surface area contributed by atoms with Gasteiger partial charge in [-0.05, 0) is 47.2 Å². The van der Waals surface area contributed by atoms with E-state index in [4.69, 9.17) is 4.74 Å². The van der Waals surface area contributed by atoms with E-state index in [1.807, 2.05) is 27.8 Å². The highest BCUT2D eigenvalue weighted by molar-refractivity contribution is 5.68. The molecule has 1 aliphatic rings. The third-order valence-electron chi connectivity index (χ3n) is 2.82. The van der Waals surface area contributed by atoms with E-state index in [-0.39, 0.29) is 6.09 Å². The molecule has 0 bridgehead atoms. The van der Waals surface area contributed by atoms with Crippen molar-refractivity contribution in [2.45, 2.75) is 44.8 Å². The Hall–Kier alpha value is -0.810. The van der Waals surface area contributed by atoms with Crippen molar-refractivity contribution >= 4 is 6.09 Å². The molecular weight excluding hydrogens is 220 g/mol. The Balaban J connectivity index is 2.47. The summed E-state index contributed by atoms with van der Waals surface area (Å²) in [6.45, 7) is 7.20. The number of nitrogens with one attached hydrogen (secondary N) is 1. The minimum atomic E-state index is -0.764. The molecule has 0 spiro atoms. The first kappa shape index (κ1) is 14.3. The van der Waals surface area contributed by atoms with Crippen LogP contribution in [-0.2, 0) is 4.74 Å². The lowest BCUT2D eigenvalue weighted by Crippen LogP contribution is -2.40. The molecule has 0 aromatic heterocycles. The number of amides is 1. The van der Waals surface area contributed by atoms with Gasteiger partial charge in [-0.25, -0.2) is 4.79 Å². The average Bonchev–Trinajstić information content (AvgIpc) is 2.56. The predicted molar refractivity (Wildman–Crippen MR) is 65.9 cm³/mol. The fourth-order valence-electron chi connectivity index (χ4n) is 1.90. The van der Waals surface area contributed by atoms with Crippen LogP contribution in [0.25, 0.3) is 0 Å². The van der Waals surface area contributed by atoms with E-state index in [9.17, 15) is 9.90 Å². The molecule has 0 aromatic carbocycles. The number of hydrogen-bond acceptors (Lipinski definition) is 4. The second-order valence-electron chi connectivity index (χ2n) is 5.73. The molecule has 17 heavy (non-hydrogen) atoms. The lowest BCUT2D eigenvalue weighted by Gasteiger charge is -2.26. The zero-order valence-corrected chi connectivity index (χ0v) is 11.2. The predicted octanol–water partition coefficient (Wildman–Crippen LogP) is 0.968. The van der Waals surface area contributed by atoms with Gasteiger partial charge in [-0.1, -0.05) is 0 Å². The van der Waals surface area contributed by atoms with Crippen molar-refractivity contribution in [1.29, 1.82) is 0 Å². The van der Waals surface area contributed by atoms with Crippen LogP contribution in [0.5, 0.6) is 0 Å². The summed E-state index contributed by atoms with van der Waals surface area (Å²) in [6, 6.07) is 0. The number of carbonyl (C=O) groups is 1. The topological polar surface area (TPSA) is 61.8 Å². The number of carbonyl (C=O) groups excluding carboxylic acids is 1. The lowest BCUT2D eigenvalue weighted by atomic mass is 9.99. The van der Waals surface area contributed by atoms with Crippen LogP contribution < -0.4 is 5.32 Å². The van der Waals surface area contributed by atoms with E-state index in [1.54, 1.807) is 4.90 Å². The third-order valence-corrected chi connectivity index (χ3v) is 2.82. The van der Waals surface area contributed by atoms with Gasteiger partial charge >= 0.3 is 6.09 Å². The largest absolute Gasteiger partial charge is 0.444 e. The molecule has 0 saturated carbocycles. The molecule has 0 aliphatic carbocycles. The van der Waals surface area contributed by atoms with E-state index in [0.29, 0.717) is 25.9 Å². The quantitative estimate of drug-likeness (QED) is 0.776. The van der Waals surface area contributed by atoms with Gasteiger partial charge in [0, 0.05) is 6.54 Å². The van der Waals surface area contributed by atoms with Crippen LogP contribution >= 0.6 is 0 Å². The summed E-state index contributed by atoms with van der Waals surface area (Å²) >= 11 is 0. The molecule has 1 aliphatic heterocycles. The summed E-state index contributed by atoms with van der Waals surface area (Å²) in [5, 5.41) is 13.3. The molecule has 1 rings (SSSR count). The molecule has 5 heteroatoms. The van der Waals surface area contributed by atoms with Crippen LogP contribution in [0.15, 0.2) is 0 Å². The minimum Gasteiger partial charge on any atom is -0.444 e. The molecule has 100 valence electrons. The molecule has 1 unspecified atom stereocenters. The fraction of sp³-hybridized carbons (Fsp3) is 0.917. The maximum Gasteiger partial charge on any atom is 0.410 e. The Kier molecular flexibility index (Phi) is 4.38. The number of likely N-dealkylation sites (tertiary alicyclic amines) is 1. The highest BCUT2D eigenvalue weighted by atomic mass is 16.6. The molecule has 1 fully saturated rings. The standard InChI is InChI=1S/C12H24N2O3/c1-11(2,3)17-10(15)14-8-6-12(16,9-14)5-7-13-4/h13,16H,5-9H2,1-4H3. The van der Waals surface area contributed by atoms with Crippen LogP contribution in [0, 0.1) is 0 Å². The van der Waals surface area contributed by atoms with Crippen LogP contribution in [0.2, 0.25) is 0 Å². The first-order chi connectivity index (χ1) is 7.76. The summed E-state index contributed by atoms with van der Waals surface area (Å²) in [5.41, 5.74) is -1.25. The Labute approximate surface area is 103 Å². The molecular formula is C12H24N2O3. The van der Waals surface area contributed by atoms with Crippen LogP contribution in [0.3, 0.4) is 0 Å². The van der Waals surface area contributed by atoms with Crippen molar-refractivity contribution in [2.75, 3.05) is 26.7 Å². The number of nitrogens with zero attached hydrogens (tertiary/aromatic N) is 1. The molecule has 1 saturated heterocycles. The SMILES string of the molecule is CNCCC1(O)CCN(C(=O)OC(C)(C)C)C1. The van der Waals surface area contributed by atoms with E-state index >= 15 is 0 Å². The Bertz CT molecular complexity index is 275. The molecule has 5 nitrogen and oxygen atoms in total. The van der Waals surface area contributed by atoms with Crippen molar-refractivity contribution in [3.05, 3.63) is 0 Å². The number of rotatable bonds is 3. The van der Waals surface area contributed by atoms with Crippen LogP contribution in [0.4, 0.5) is 4.79 Å². The van der Waals surface area contributed by atoms with Crippen molar-refractivity contribution in [3.63, 3.8) is 0 Å². The minimum absolute atomic E-state index is 0.335. The number of hydrogen-bond donors (Lipinski definition) is 2. The van der Waals surface area contributed by atoms with Gasteiger partial charge < -0.3 is 20.1 Å². The Morgan fingerprint density at radius 3 is 2.71 bits per heavy atom. The van der Waals surface area contributed by atoms with Gasteiger partial charge in [0.05, 0.1) is 12.1 Å². The summed E-state index contributed by atoms with van der Waals surface area (Å²) in [6.07, 6.45) is 0.939. The maximum atomic E-state index is 11.8. The average molecular weight is 244 g/mol. The molecule has 1 heterocycles. The van der Waals surface area contributed by atoms with Gasteiger partial charge in [0.15, 0.2) is 0 Å². The molecule has 0 radical (unpaired) electrons. The Morgan fingerprint density at radius 2 is 2.18 bits per heavy atom. The second kappa shape index (κ2) is 5.23. The summed E-state index contributed by atoms with van der Waals surface area (Å²) < 4.78 is 5.28. The first-order valence-corrected chi connectivity index (χ1v) is 6.11. The van der Waals surface area contributed by atoms with Gasteiger partial charge in [-0.15, -0.1) is 0 Å². The van der Waals surface area contributed by atoms with Crippen molar-refractivity contribution in [1.82, 2.24) is 10.2 Å². The Morgan fingerprint density at radius 1 is 1.53 bits per heavy atom. The molecule has 1 atom stereocenters. The number of ether oxygens (including phenoxy) is 1. The van der Waals surface area contributed by atoms with Crippen molar-refractivity contribution in [2.24, 2.45) is 0 Å². The number of aliphatic hydroxyl groups is 1. The molecule has 0 aromatic rings. The van der Waals surface area contributed by atoms with Crippen LogP contribution in [0.1, 0.15) is 33.6 Å². The van der Waals surface area contributed by atoms with E-state index in [1.165, 1.54) is 0 Å². The van der Waals surface area contributed by atoms with Gasteiger partial charge in [-0.3, -0.25) is 0 Å². The normalized spacial score (nSPS) is 25.1. The van der Waals surface area contributed by atoms with E-state index in [0.717, 1.165) is 6.54 Å². The van der Waals surface area contributed by atoms with E-state index in [2.05, 4.69) is 5.32 Å². The van der Waals surface area contributed by atoms with Gasteiger partial charge in [0.25, 0.3) is 0 Å². The highest BCUT2D eigenvalue weighted by Gasteiger charge is 2.39. The zero-order valence-electron chi connectivity index (χ0n) is 11.2. The van der Waals surface area contributed by atoms with Gasteiger partial charge in [0.1, 0.15) is 5.60 Å². The summed E-state index contributed by atoms with van der Waals surface area (Å²) in [4.78, 5) is 13.4. The highest BCUT2D eigenvalue weighted by Crippen LogP contribution is 2.25. The lowest BCUT2D eigenvalue weighted by molar-refractivity contribution is 0.0129. The molecule has 1 amide bonds. The first-order valence-electron chi connectivity index (χ1n) is 6.11. The molecule has 2 N–H and O–H groups in total. The van der Waals surface area contributed by atoms with E-state index < -0.39 is 11.2 Å². The van der Waals surface area contributed by atoms with Gasteiger partial charge in [-0.2, -0.15) is 0 Å². The number of β-amino-alcohol motifs (C(OH)–C–C–N with tert-alkyl or cyclic N) is 1. The second-order valence-corrected chi connectivity index (χ2v) is 5.73. The zero-order chi connectivity index (χ0) is 13.1. The third kappa shape index (κ3) is 4.52. The summed E-state index contributed by atoms with van der Waals surface area (Å²) in [5.74, 6) is 0. The fourth-order valence-corrected chi connectivity index (χ4v) is 1.90. The summed E-state index contributed by atoms with van der Waals surface area (Å²) in [7, 11) is 1.85. The van der Waals surface area contributed by atoms with Gasteiger partial charge in [0.2, 0.25) is 0 Å². The van der Waals surface area contributed by atoms with Crippen molar-refractivity contribution in [3.8, 4) is 0 Å². The maximum absolute atomic E-state index is 11.8.